The van der Waals surface area contributed by atoms with Crippen molar-refractivity contribution in [3.05, 3.63) is 59.5 Å². The van der Waals surface area contributed by atoms with Gasteiger partial charge in [0.25, 0.3) is 0 Å². The predicted molar refractivity (Wildman–Crippen MR) is 74.7 cm³/mol. The lowest BCUT2D eigenvalue weighted by Gasteiger charge is -2.20. The van der Waals surface area contributed by atoms with Crippen molar-refractivity contribution in [2.24, 2.45) is 0 Å². The van der Waals surface area contributed by atoms with Crippen molar-refractivity contribution in [2.75, 3.05) is 6.54 Å². The van der Waals surface area contributed by atoms with E-state index in [9.17, 15) is 0 Å². The molecule has 1 aromatic carbocycles. The van der Waals surface area contributed by atoms with Gasteiger partial charge in [-0.1, -0.05) is 38.1 Å². The number of benzene rings is 1. The first-order chi connectivity index (χ1) is 8.86. The SMILES string of the molecule is CCCNC(c1ccoc1)c1ccccc1CC. The van der Waals surface area contributed by atoms with Crippen LogP contribution < -0.4 is 5.32 Å². The maximum Gasteiger partial charge on any atom is 0.0953 e. The van der Waals surface area contributed by atoms with Crippen LogP contribution in [-0.4, -0.2) is 6.54 Å². The molecule has 0 saturated heterocycles. The number of hydrogen-bond donors (Lipinski definition) is 1. The molecule has 2 heteroatoms. The van der Waals surface area contributed by atoms with Crippen LogP contribution in [0.2, 0.25) is 0 Å². The van der Waals surface area contributed by atoms with E-state index in [0.29, 0.717) is 0 Å². The van der Waals surface area contributed by atoms with Crippen molar-refractivity contribution in [3.8, 4) is 0 Å². The Kier molecular flexibility index (Phi) is 4.59. The quantitative estimate of drug-likeness (QED) is 0.831. The highest BCUT2D eigenvalue weighted by Gasteiger charge is 2.16. The molecule has 0 amide bonds. The van der Waals surface area contributed by atoms with E-state index in [1.54, 1.807) is 6.26 Å². The van der Waals surface area contributed by atoms with Crippen LogP contribution in [0.5, 0.6) is 0 Å². The van der Waals surface area contributed by atoms with Crippen LogP contribution in [0.1, 0.15) is 43.0 Å². The van der Waals surface area contributed by atoms with E-state index in [1.165, 1.54) is 16.7 Å². The van der Waals surface area contributed by atoms with Gasteiger partial charge in [0, 0.05) is 5.56 Å². The summed E-state index contributed by atoms with van der Waals surface area (Å²) in [4.78, 5) is 0. The number of nitrogens with one attached hydrogen (secondary N) is 1. The van der Waals surface area contributed by atoms with Gasteiger partial charge in [-0.15, -0.1) is 0 Å². The molecule has 1 unspecified atom stereocenters. The van der Waals surface area contributed by atoms with Crippen LogP contribution in [0, 0.1) is 0 Å². The van der Waals surface area contributed by atoms with Gasteiger partial charge in [-0.25, -0.2) is 0 Å². The summed E-state index contributed by atoms with van der Waals surface area (Å²) < 4.78 is 5.23. The third kappa shape index (κ3) is 2.82. The highest BCUT2D eigenvalue weighted by Crippen LogP contribution is 2.25. The van der Waals surface area contributed by atoms with Crippen molar-refractivity contribution < 1.29 is 4.42 Å². The summed E-state index contributed by atoms with van der Waals surface area (Å²) in [6.45, 7) is 5.39. The van der Waals surface area contributed by atoms with E-state index in [-0.39, 0.29) is 6.04 Å². The van der Waals surface area contributed by atoms with Crippen molar-refractivity contribution in [2.45, 2.75) is 32.7 Å². The van der Waals surface area contributed by atoms with Crippen LogP contribution in [0.25, 0.3) is 0 Å². The molecule has 0 saturated carbocycles. The van der Waals surface area contributed by atoms with Crippen LogP contribution in [0.15, 0.2) is 47.3 Å². The van der Waals surface area contributed by atoms with Gasteiger partial charge in [-0.2, -0.15) is 0 Å². The van der Waals surface area contributed by atoms with Gasteiger partial charge in [0.15, 0.2) is 0 Å². The Balaban J connectivity index is 2.33. The fraction of sp³-hybridized carbons (Fsp3) is 0.375. The first-order valence-electron chi connectivity index (χ1n) is 6.70. The highest BCUT2D eigenvalue weighted by atomic mass is 16.3. The average Bonchev–Trinajstić information content (AvgIpc) is 2.94. The summed E-state index contributed by atoms with van der Waals surface area (Å²) in [5.74, 6) is 0. The highest BCUT2D eigenvalue weighted by molar-refractivity contribution is 5.36. The smallest absolute Gasteiger partial charge is 0.0953 e. The number of furan rings is 1. The fourth-order valence-corrected chi connectivity index (χ4v) is 2.27. The van der Waals surface area contributed by atoms with Gasteiger partial charge < -0.3 is 9.73 Å². The summed E-state index contributed by atoms with van der Waals surface area (Å²) in [7, 11) is 0. The Morgan fingerprint density at radius 3 is 2.67 bits per heavy atom. The Morgan fingerprint density at radius 2 is 2.00 bits per heavy atom. The Labute approximate surface area is 109 Å². The lowest BCUT2D eigenvalue weighted by molar-refractivity contribution is 0.547. The second-order valence-corrected chi connectivity index (χ2v) is 4.50. The second kappa shape index (κ2) is 6.41. The van der Waals surface area contributed by atoms with Crippen molar-refractivity contribution in [3.63, 3.8) is 0 Å². The lowest BCUT2D eigenvalue weighted by atomic mass is 9.95. The largest absolute Gasteiger partial charge is 0.472 e. The van der Waals surface area contributed by atoms with E-state index >= 15 is 0 Å². The molecule has 0 bridgehead atoms. The summed E-state index contributed by atoms with van der Waals surface area (Å²) >= 11 is 0. The van der Waals surface area contributed by atoms with E-state index in [1.807, 2.05) is 12.3 Å². The van der Waals surface area contributed by atoms with E-state index < -0.39 is 0 Å². The number of rotatable bonds is 6. The monoisotopic (exact) mass is 243 g/mol. The van der Waals surface area contributed by atoms with Gasteiger partial charge in [-0.3, -0.25) is 0 Å². The molecule has 2 nitrogen and oxygen atoms in total. The molecule has 1 atom stereocenters. The molecule has 18 heavy (non-hydrogen) atoms. The molecule has 0 spiro atoms. The minimum atomic E-state index is 0.236. The Hall–Kier alpha value is -1.54. The van der Waals surface area contributed by atoms with Crippen molar-refractivity contribution >= 4 is 0 Å². The van der Waals surface area contributed by atoms with E-state index in [2.05, 4.69) is 43.4 Å². The van der Waals surface area contributed by atoms with Gasteiger partial charge in [0.2, 0.25) is 0 Å². The summed E-state index contributed by atoms with van der Waals surface area (Å²) in [5.41, 5.74) is 3.95. The Bertz CT molecular complexity index is 462. The molecule has 0 radical (unpaired) electrons. The van der Waals surface area contributed by atoms with E-state index in [4.69, 9.17) is 4.42 Å². The number of hydrogen-bond acceptors (Lipinski definition) is 2. The molecule has 2 rings (SSSR count). The van der Waals surface area contributed by atoms with Gasteiger partial charge >= 0.3 is 0 Å². The molecule has 0 aliphatic carbocycles. The second-order valence-electron chi connectivity index (χ2n) is 4.50. The molecule has 0 fully saturated rings. The van der Waals surface area contributed by atoms with Crippen LogP contribution in [0.3, 0.4) is 0 Å². The fourth-order valence-electron chi connectivity index (χ4n) is 2.27. The lowest BCUT2D eigenvalue weighted by Crippen LogP contribution is -2.23. The maximum atomic E-state index is 5.23. The first-order valence-corrected chi connectivity index (χ1v) is 6.70. The van der Waals surface area contributed by atoms with Crippen LogP contribution in [-0.2, 0) is 6.42 Å². The molecule has 1 aromatic heterocycles. The van der Waals surface area contributed by atoms with Crippen LogP contribution >= 0.6 is 0 Å². The van der Waals surface area contributed by atoms with Gasteiger partial charge in [0.1, 0.15) is 0 Å². The molecule has 96 valence electrons. The number of aryl methyl sites for hydroxylation is 1. The average molecular weight is 243 g/mol. The molecule has 1 heterocycles. The van der Waals surface area contributed by atoms with E-state index in [0.717, 1.165) is 19.4 Å². The summed E-state index contributed by atoms with van der Waals surface area (Å²) in [5, 5.41) is 3.60. The third-order valence-electron chi connectivity index (χ3n) is 3.22. The molecule has 0 aliphatic heterocycles. The molecular weight excluding hydrogens is 222 g/mol. The third-order valence-corrected chi connectivity index (χ3v) is 3.22. The van der Waals surface area contributed by atoms with Crippen molar-refractivity contribution in [1.82, 2.24) is 5.32 Å². The Morgan fingerprint density at radius 1 is 1.17 bits per heavy atom. The predicted octanol–water partition coefficient (Wildman–Crippen LogP) is 3.93. The zero-order valence-electron chi connectivity index (χ0n) is 11.1. The minimum absolute atomic E-state index is 0.236. The zero-order valence-corrected chi connectivity index (χ0v) is 11.1. The van der Waals surface area contributed by atoms with Crippen LogP contribution in [0.4, 0.5) is 0 Å². The molecule has 0 aliphatic rings. The zero-order chi connectivity index (χ0) is 12.8. The topological polar surface area (TPSA) is 25.2 Å². The van der Waals surface area contributed by atoms with Crippen molar-refractivity contribution in [1.29, 1.82) is 0 Å². The maximum absolute atomic E-state index is 5.23. The molecule has 2 aromatic rings. The summed E-state index contributed by atoms with van der Waals surface area (Å²) in [6.07, 6.45) is 5.76. The minimum Gasteiger partial charge on any atom is -0.472 e. The van der Waals surface area contributed by atoms with Gasteiger partial charge in [-0.05, 0) is 36.6 Å². The standard InChI is InChI=1S/C16H21NO/c1-3-10-17-16(14-9-11-18-12-14)15-8-6-5-7-13(15)4-2/h5-9,11-12,16-17H,3-4,10H2,1-2H3. The molecular formula is C16H21NO. The normalized spacial score (nSPS) is 12.6. The van der Waals surface area contributed by atoms with Gasteiger partial charge in [0.05, 0.1) is 18.6 Å². The molecule has 1 N–H and O–H groups in total. The summed E-state index contributed by atoms with van der Waals surface area (Å²) in [6, 6.07) is 10.9. The first kappa shape index (κ1) is 12.9.